The number of hydrogen-bond acceptors (Lipinski definition) is 1. The maximum atomic E-state index is 3.55. The van der Waals surface area contributed by atoms with Crippen molar-refractivity contribution in [1.82, 2.24) is 0 Å². The van der Waals surface area contributed by atoms with Gasteiger partial charge >= 0.3 is 0 Å². The normalized spacial score (nSPS) is 16.1. The fraction of sp³-hybridized carbons (Fsp3) is 0.647. The summed E-state index contributed by atoms with van der Waals surface area (Å²) in [5.74, 6) is 0. The van der Waals surface area contributed by atoms with Crippen LogP contribution < -0.4 is 5.32 Å². The van der Waals surface area contributed by atoms with E-state index in [0.29, 0.717) is 0 Å². The van der Waals surface area contributed by atoms with E-state index in [2.05, 4.69) is 59.0 Å². The number of rotatable bonds is 0. The van der Waals surface area contributed by atoms with Crippen molar-refractivity contribution in [3.8, 4) is 0 Å². The van der Waals surface area contributed by atoms with Gasteiger partial charge in [-0.3, -0.25) is 0 Å². The number of anilines is 1. The number of nitrogens with one attached hydrogen (secondary N) is 1. The summed E-state index contributed by atoms with van der Waals surface area (Å²) in [5, 5.41) is 3.55. The van der Waals surface area contributed by atoms with E-state index in [9.17, 15) is 0 Å². The summed E-state index contributed by atoms with van der Waals surface area (Å²) < 4.78 is 0. The molecule has 1 nitrogen and oxygen atoms in total. The van der Waals surface area contributed by atoms with Gasteiger partial charge in [-0.25, -0.2) is 0 Å². The Labute approximate surface area is 112 Å². The minimum Gasteiger partial charge on any atom is -0.385 e. The molecule has 1 aliphatic rings. The number of benzene rings is 1. The molecule has 0 aliphatic carbocycles. The first-order chi connectivity index (χ1) is 8.21. The summed E-state index contributed by atoms with van der Waals surface area (Å²) in [6.07, 6.45) is 2.47. The summed E-state index contributed by atoms with van der Waals surface area (Å²) in [6, 6.07) is 4.61. The highest BCUT2D eigenvalue weighted by Crippen LogP contribution is 2.40. The maximum absolute atomic E-state index is 3.55. The molecule has 0 atom stereocenters. The molecule has 0 unspecified atom stereocenters. The molecular weight excluding hydrogens is 218 g/mol. The Balaban J connectivity index is 2.69. The Morgan fingerprint density at radius 1 is 0.944 bits per heavy atom. The quantitative estimate of drug-likeness (QED) is 0.702. The molecule has 0 saturated carbocycles. The van der Waals surface area contributed by atoms with Gasteiger partial charge in [-0.2, -0.15) is 0 Å². The van der Waals surface area contributed by atoms with Crippen LogP contribution in [0.2, 0.25) is 0 Å². The molecule has 18 heavy (non-hydrogen) atoms. The van der Waals surface area contributed by atoms with Crippen molar-refractivity contribution in [2.75, 3.05) is 11.9 Å². The van der Waals surface area contributed by atoms with Crippen LogP contribution in [-0.2, 0) is 17.3 Å². The lowest BCUT2D eigenvalue weighted by atomic mass is 9.72. The van der Waals surface area contributed by atoms with Gasteiger partial charge in [0, 0.05) is 12.2 Å². The molecule has 100 valence electrons. The largest absolute Gasteiger partial charge is 0.385 e. The van der Waals surface area contributed by atoms with E-state index in [4.69, 9.17) is 0 Å². The van der Waals surface area contributed by atoms with Crippen molar-refractivity contribution >= 4 is 5.69 Å². The van der Waals surface area contributed by atoms with E-state index in [1.807, 2.05) is 0 Å². The standard InChI is InChI=1S/C17H27N/c1-16(2,3)13-9-10-14-12(8-7-11-18-14)15(13)17(4,5)6/h9-10,18H,7-8,11H2,1-6H3. The van der Waals surface area contributed by atoms with Crippen LogP contribution in [0, 0.1) is 0 Å². The molecule has 0 saturated heterocycles. The number of hydrogen-bond donors (Lipinski definition) is 1. The average Bonchev–Trinajstić information content (AvgIpc) is 2.24. The van der Waals surface area contributed by atoms with Gasteiger partial charge < -0.3 is 5.32 Å². The van der Waals surface area contributed by atoms with Gasteiger partial charge in [0.15, 0.2) is 0 Å². The Hall–Kier alpha value is -0.980. The van der Waals surface area contributed by atoms with Crippen LogP contribution in [0.3, 0.4) is 0 Å². The SMILES string of the molecule is CC(C)(C)c1ccc2c(c1C(C)(C)C)CCCN2. The minimum absolute atomic E-state index is 0.215. The predicted octanol–water partition coefficient (Wildman–Crippen LogP) is 4.64. The van der Waals surface area contributed by atoms with Gasteiger partial charge in [0.1, 0.15) is 0 Å². The highest BCUT2D eigenvalue weighted by molar-refractivity contribution is 5.61. The van der Waals surface area contributed by atoms with Crippen LogP contribution in [0.4, 0.5) is 5.69 Å². The van der Waals surface area contributed by atoms with E-state index in [0.717, 1.165) is 6.54 Å². The smallest absolute Gasteiger partial charge is 0.0375 e. The van der Waals surface area contributed by atoms with Crippen molar-refractivity contribution in [3.05, 3.63) is 28.8 Å². The van der Waals surface area contributed by atoms with Crippen LogP contribution in [-0.4, -0.2) is 6.54 Å². The second kappa shape index (κ2) is 4.29. The lowest BCUT2D eigenvalue weighted by Gasteiger charge is -2.35. The predicted molar refractivity (Wildman–Crippen MR) is 80.7 cm³/mol. The van der Waals surface area contributed by atoms with Crippen LogP contribution in [0.1, 0.15) is 64.7 Å². The molecule has 0 fully saturated rings. The first-order valence-corrected chi connectivity index (χ1v) is 7.12. The van der Waals surface area contributed by atoms with Crippen molar-refractivity contribution in [1.29, 1.82) is 0 Å². The average molecular weight is 245 g/mol. The van der Waals surface area contributed by atoms with Gasteiger partial charge in [0.2, 0.25) is 0 Å². The third-order valence-electron chi connectivity index (χ3n) is 3.79. The molecule has 1 heterocycles. The molecule has 2 rings (SSSR count). The molecule has 1 N–H and O–H groups in total. The van der Waals surface area contributed by atoms with Crippen molar-refractivity contribution in [2.24, 2.45) is 0 Å². The van der Waals surface area contributed by atoms with Gasteiger partial charge in [0.25, 0.3) is 0 Å². The molecule has 0 amide bonds. The Morgan fingerprint density at radius 2 is 1.61 bits per heavy atom. The van der Waals surface area contributed by atoms with Gasteiger partial charge in [-0.05, 0) is 46.4 Å². The van der Waals surface area contributed by atoms with E-state index in [-0.39, 0.29) is 10.8 Å². The van der Waals surface area contributed by atoms with Gasteiger partial charge in [-0.1, -0.05) is 47.6 Å². The lowest BCUT2D eigenvalue weighted by molar-refractivity contribution is 0.523. The van der Waals surface area contributed by atoms with Crippen molar-refractivity contribution in [2.45, 2.75) is 65.2 Å². The van der Waals surface area contributed by atoms with E-state index >= 15 is 0 Å². The van der Waals surface area contributed by atoms with Crippen LogP contribution in [0.15, 0.2) is 12.1 Å². The Kier molecular flexibility index (Phi) is 3.21. The molecule has 0 bridgehead atoms. The van der Waals surface area contributed by atoms with E-state index in [1.165, 1.54) is 24.1 Å². The zero-order valence-electron chi connectivity index (χ0n) is 12.8. The molecule has 0 aromatic heterocycles. The zero-order chi connectivity index (χ0) is 13.6. The molecule has 1 heteroatoms. The summed E-state index contributed by atoms with van der Waals surface area (Å²) >= 11 is 0. The van der Waals surface area contributed by atoms with Crippen LogP contribution in [0.25, 0.3) is 0 Å². The number of fused-ring (bicyclic) bond motifs is 1. The molecule has 0 radical (unpaired) electrons. The second-order valence-electron chi connectivity index (χ2n) is 7.54. The van der Waals surface area contributed by atoms with E-state index < -0.39 is 0 Å². The van der Waals surface area contributed by atoms with Crippen LogP contribution in [0.5, 0.6) is 0 Å². The summed E-state index contributed by atoms with van der Waals surface area (Å²) in [4.78, 5) is 0. The Bertz CT molecular complexity index is 444. The first-order valence-electron chi connectivity index (χ1n) is 7.12. The summed E-state index contributed by atoms with van der Waals surface area (Å²) in [7, 11) is 0. The maximum Gasteiger partial charge on any atom is 0.0375 e. The van der Waals surface area contributed by atoms with E-state index in [1.54, 1.807) is 11.1 Å². The Morgan fingerprint density at radius 3 is 2.17 bits per heavy atom. The fourth-order valence-electron chi connectivity index (χ4n) is 3.04. The zero-order valence-corrected chi connectivity index (χ0v) is 12.8. The van der Waals surface area contributed by atoms with Gasteiger partial charge in [-0.15, -0.1) is 0 Å². The molecule has 1 aromatic rings. The van der Waals surface area contributed by atoms with Crippen molar-refractivity contribution < 1.29 is 0 Å². The molecular formula is C17H27N. The summed E-state index contributed by atoms with van der Waals surface area (Å²) in [5.41, 5.74) is 6.43. The monoisotopic (exact) mass is 245 g/mol. The topological polar surface area (TPSA) is 12.0 Å². The third-order valence-corrected chi connectivity index (χ3v) is 3.79. The highest BCUT2D eigenvalue weighted by atomic mass is 14.9. The molecule has 1 aliphatic heterocycles. The molecule has 1 aromatic carbocycles. The third kappa shape index (κ3) is 2.41. The van der Waals surface area contributed by atoms with Crippen molar-refractivity contribution in [3.63, 3.8) is 0 Å². The second-order valence-corrected chi connectivity index (χ2v) is 7.54. The van der Waals surface area contributed by atoms with Crippen LogP contribution >= 0.6 is 0 Å². The first kappa shape index (κ1) is 13.5. The lowest BCUT2D eigenvalue weighted by Crippen LogP contribution is -2.26. The highest BCUT2D eigenvalue weighted by Gasteiger charge is 2.29. The summed E-state index contributed by atoms with van der Waals surface area (Å²) in [6.45, 7) is 15.1. The fourth-order valence-corrected chi connectivity index (χ4v) is 3.04. The molecule has 0 spiro atoms. The van der Waals surface area contributed by atoms with Gasteiger partial charge in [0.05, 0.1) is 0 Å². The minimum atomic E-state index is 0.215.